The molecule has 0 aromatic heterocycles. The number of ketones is 1. The molecular formula is C23H24N2O5. The van der Waals surface area contributed by atoms with Crippen molar-refractivity contribution in [2.24, 2.45) is 0 Å². The van der Waals surface area contributed by atoms with Crippen molar-refractivity contribution < 1.29 is 23.9 Å². The quantitative estimate of drug-likeness (QED) is 0.646. The third-order valence-corrected chi connectivity index (χ3v) is 4.58. The highest BCUT2D eigenvalue weighted by atomic mass is 16.5. The highest BCUT2D eigenvalue weighted by Crippen LogP contribution is 2.21. The van der Waals surface area contributed by atoms with Gasteiger partial charge in [-0.2, -0.15) is 0 Å². The Kier molecular flexibility index (Phi) is 6.85. The highest BCUT2D eigenvalue weighted by molar-refractivity contribution is 6.00. The van der Waals surface area contributed by atoms with Crippen molar-refractivity contribution in [3.8, 4) is 0 Å². The number of hydrogen-bond acceptors (Lipinski definition) is 7. The fourth-order valence-electron chi connectivity index (χ4n) is 3.09. The molecule has 0 saturated heterocycles. The van der Waals surface area contributed by atoms with Crippen LogP contribution in [0.25, 0.3) is 0 Å². The first-order valence-corrected chi connectivity index (χ1v) is 9.81. The number of benzene rings is 2. The Morgan fingerprint density at radius 1 is 0.800 bits per heavy atom. The summed E-state index contributed by atoms with van der Waals surface area (Å²) in [5.74, 6) is -0.802. The molecule has 2 atom stereocenters. The number of esters is 2. The van der Waals surface area contributed by atoms with Gasteiger partial charge in [-0.05, 0) is 68.5 Å². The van der Waals surface area contributed by atoms with Crippen LogP contribution in [0.4, 0.5) is 11.4 Å². The molecule has 30 heavy (non-hydrogen) atoms. The van der Waals surface area contributed by atoms with E-state index < -0.39 is 6.04 Å². The number of ether oxygens (including phenoxy) is 2. The number of hydrogen-bond donors (Lipinski definition) is 2. The van der Waals surface area contributed by atoms with E-state index in [1.807, 2.05) is 0 Å². The molecule has 156 valence electrons. The van der Waals surface area contributed by atoms with Crippen LogP contribution in [0.2, 0.25) is 0 Å². The van der Waals surface area contributed by atoms with Gasteiger partial charge in [-0.15, -0.1) is 0 Å². The topological polar surface area (TPSA) is 93.7 Å². The van der Waals surface area contributed by atoms with Crippen molar-refractivity contribution in [3.05, 3.63) is 71.8 Å². The summed E-state index contributed by atoms with van der Waals surface area (Å²) in [6.45, 7) is 4.15. The van der Waals surface area contributed by atoms with Crippen LogP contribution in [-0.2, 0) is 14.3 Å². The lowest BCUT2D eigenvalue weighted by Crippen LogP contribution is -2.39. The first-order chi connectivity index (χ1) is 14.5. The van der Waals surface area contributed by atoms with E-state index in [9.17, 15) is 14.4 Å². The van der Waals surface area contributed by atoms with Crippen molar-refractivity contribution in [3.63, 3.8) is 0 Å². The number of carbonyl (C=O) groups excluding carboxylic acids is 3. The molecule has 0 saturated carbocycles. The summed E-state index contributed by atoms with van der Waals surface area (Å²) in [5.41, 5.74) is 2.41. The van der Waals surface area contributed by atoms with Crippen LogP contribution in [0.1, 0.15) is 34.6 Å². The van der Waals surface area contributed by atoms with Crippen LogP contribution in [-0.4, -0.2) is 43.0 Å². The Morgan fingerprint density at radius 2 is 1.27 bits per heavy atom. The molecule has 7 nitrogen and oxygen atoms in total. The number of anilines is 2. The molecule has 1 aliphatic rings. The van der Waals surface area contributed by atoms with Crippen molar-refractivity contribution in [2.45, 2.75) is 25.9 Å². The molecule has 0 radical (unpaired) electrons. The molecule has 0 spiro atoms. The monoisotopic (exact) mass is 408 g/mol. The lowest BCUT2D eigenvalue weighted by atomic mass is 10.1. The highest BCUT2D eigenvalue weighted by Gasteiger charge is 2.30. The lowest BCUT2D eigenvalue weighted by molar-refractivity contribution is -0.114. The van der Waals surface area contributed by atoms with E-state index >= 15 is 0 Å². The number of nitrogens with one attached hydrogen (secondary N) is 2. The van der Waals surface area contributed by atoms with Gasteiger partial charge in [0.25, 0.3) is 0 Å². The van der Waals surface area contributed by atoms with Crippen molar-refractivity contribution in [1.82, 2.24) is 0 Å². The zero-order chi connectivity index (χ0) is 21.5. The largest absolute Gasteiger partial charge is 0.462 e. The summed E-state index contributed by atoms with van der Waals surface area (Å²) in [6, 6.07) is 12.9. The van der Waals surface area contributed by atoms with E-state index in [0.717, 1.165) is 11.4 Å². The number of carbonyl (C=O) groups is 3. The van der Waals surface area contributed by atoms with Crippen molar-refractivity contribution in [1.29, 1.82) is 0 Å². The molecule has 1 aliphatic carbocycles. The van der Waals surface area contributed by atoms with Gasteiger partial charge < -0.3 is 20.1 Å². The average Bonchev–Trinajstić information content (AvgIpc) is 3.08. The minimum Gasteiger partial charge on any atom is -0.462 e. The fourth-order valence-corrected chi connectivity index (χ4v) is 3.09. The lowest BCUT2D eigenvalue weighted by Gasteiger charge is -2.23. The summed E-state index contributed by atoms with van der Waals surface area (Å²) in [5, 5.41) is 6.49. The summed E-state index contributed by atoms with van der Waals surface area (Å²) in [4.78, 5) is 35.9. The summed E-state index contributed by atoms with van der Waals surface area (Å²) >= 11 is 0. The maximum Gasteiger partial charge on any atom is 0.338 e. The van der Waals surface area contributed by atoms with Crippen LogP contribution in [0, 0.1) is 0 Å². The molecule has 3 rings (SSSR count). The molecule has 0 fully saturated rings. The second kappa shape index (κ2) is 9.73. The van der Waals surface area contributed by atoms with Crippen LogP contribution in [0.15, 0.2) is 60.7 Å². The third kappa shape index (κ3) is 5.05. The van der Waals surface area contributed by atoms with E-state index in [1.54, 1.807) is 68.5 Å². The Hall–Kier alpha value is -3.61. The van der Waals surface area contributed by atoms with E-state index in [4.69, 9.17) is 9.47 Å². The Balaban J connectivity index is 1.65. The first-order valence-electron chi connectivity index (χ1n) is 9.81. The van der Waals surface area contributed by atoms with E-state index in [0.29, 0.717) is 24.3 Å². The van der Waals surface area contributed by atoms with Crippen LogP contribution in [0.5, 0.6) is 0 Å². The van der Waals surface area contributed by atoms with Gasteiger partial charge in [0.2, 0.25) is 0 Å². The van der Waals surface area contributed by atoms with Crippen molar-refractivity contribution >= 4 is 29.1 Å². The van der Waals surface area contributed by atoms with Gasteiger partial charge in [0.15, 0.2) is 5.78 Å². The molecular weight excluding hydrogens is 384 g/mol. The molecule has 0 amide bonds. The van der Waals surface area contributed by atoms with E-state index in [1.165, 1.54) is 6.08 Å². The second-order valence-corrected chi connectivity index (χ2v) is 6.65. The SMILES string of the molecule is CCOC(=O)c1ccc(N[C@@H]2C(=O)C=C[C@H]2Nc2ccc(C(=O)OCC)cc2)cc1. The van der Waals surface area contributed by atoms with Gasteiger partial charge in [0, 0.05) is 11.4 Å². The van der Waals surface area contributed by atoms with Gasteiger partial charge in [0.05, 0.1) is 30.4 Å². The summed E-state index contributed by atoms with van der Waals surface area (Å²) in [7, 11) is 0. The van der Waals surface area contributed by atoms with Gasteiger partial charge in [0.1, 0.15) is 6.04 Å². The molecule has 2 aromatic rings. The maximum absolute atomic E-state index is 12.3. The fraction of sp³-hybridized carbons (Fsp3) is 0.261. The minimum absolute atomic E-state index is 0.0508. The molecule has 2 N–H and O–H groups in total. The molecule has 0 unspecified atom stereocenters. The molecule has 7 heteroatoms. The van der Waals surface area contributed by atoms with Gasteiger partial charge >= 0.3 is 11.9 Å². The maximum atomic E-state index is 12.3. The predicted molar refractivity (Wildman–Crippen MR) is 114 cm³/mol. The standard InChI is InChI=1S/C23H24N2O5/c1-3-29-22(27)15-5-9-17(10-6-15)24-19-13-14-20(26)21(19)25-18-11-7-16(8-12-18)23(28)30-4-2/h5-14,19,21,24-25H,3-4H2,1-2H3/t19-,21+/m1/s1. The summed E-state index contributed by atoms with van der Waals surface area (Å²) in [6.07, 6.45) is 3.33. The zero-order valence-corrected chi connectivity index (χ0v) is 16.9. The normalized spacial score (nSPS) is 17.5. The van der Waals surface area contributed by atoms with Crippen LogP contribution >= 0.6 is 0 Å². The molecule has 0 bridgehead atoms. The van der Waals surface area contributed by atoms with Crippen LogP contribution < -0.4 is 10.6 Å². The molecule has 0 heterocycles. The molecule has 2 aromatic carbocycles. The van der Waals surface area contributed by atoms with Crippen molar-refractivity contribution in [2.75, 3.05) is 23.8 Å². The number of rotatable bonds is 8. The zero-order valence-electron chi connectivity index (χ0n) is 16.9. The Bertz CT molecular complexity index is 935. The molecule has 0 aliphatic heterocycles. The van der Waals surface area contributed by atoms with Gasteiger partial charge in [-0.3, -0.25) is 4.79 Å². The second-order valence-electron chi connectivity index (χ2n) is 6.65. The Morgan fingerprint density at radius 3 is 1.73 bits per heavy atom. The van der Waals surface area contributed by atoms with E-state index in [2.05, 4.69) is 10.6 Å². The van der Waals surface area contributed by atoms with E-state index in [-0.39, 0.29) is 23.8 Å². The smallest absolute Gasteiger partial charge is 0.338 e. The summed E-state index contributed by atoms with van der Waals surface area (Å²) < 4.78 is 9.96. The van der Waals surface area contributed by atoms with Crippen LogP contribution in [0.3, 0.4) is 0 Å². The Labute approximate surface area is 175 Å². The first kappa shape index (κ1) is 21.1. The minimum atomic E-state index is -0.497. The third-order valence-electron chi connectivity index (χ3n) is 4.58. The van der Waals surface area contributed by atoms with Gasteiger partial charge in [-0.25, -0.2) is 9.59 Å². The predicted octanol–water partition coefficient (Wildman–Crippen LogP) is 3.44. The average molecular weight is 408 g/mol. The van der Waals surface area contributed by atoms with Gasteiger partial charge in [-0.1, -0.05) is 6.08 Å².